The van der Waals surface area contributed by atoms with E-state index in [1.807, 2.05) is 42.5 Å². The second-order valence-corrected chi connectivity index (χ2v) is 11.2. The van der Waals surface area contributed by atoms with Gasteiger partial charge in [-0.3, -0.25) is 4.90 Å². The van der Waals surface area contributed by atoms with Crippen molar-refractivity contribution in [2.75, 3.05) is 26.2 Å². The van der Waals surface area contributed by atoms with Gasteiger partial charge in [-0.1, -0.05) is 78.9 Å². The molecule has 3 heterocycles. The number of rotatable bonds is 6. The molecule has 0 bridgehead atoms. The van der Waals surface area contributed by atoms with Crippen LogP contribution in [0, 0.1) is 0 Å². The number of imidazole rings is 1. The summed E-state index contributed by atoms with van der Waals surface area (Å²) in [5, 5.41) is 0. The molecule has 0 N–H and O–H groups in total. The van der Waals surface area contributed by atoms with Crippen LogP contribution in [0.1, 0.15) is 5.69 Å². The number of fused-ring (bicyclic) bond motifs is 1. The Morgan fingerprint density at radius 1 is 0.649 bits per heavy atom. The average molecular weight is 509 g/mol. The van der Waals surface area contributed by atoms with Gasteiger partial charge in [-0.25, -0.2) is 13.4 Å². The van der Waals surface area contributed by atoms with E-state index in [2.05, 4.69) is 51.9 Å². The quantitative estimate of drug-likeness (QED) is 0.317. The van der Waals surface area contributed by atoms with Gasteiger partial charge in [0.05, 0.1) is 16.3 Å². The fourth-order valence-corrected chi connectivity index (χ4v) is 6.40. The fraction of sp³-hybridized carbons (Fsp3) is 0.167. The summed E-state index contributed by atoms with van der Waals surface area (Å²) in [6.45, 7) is 2.93. The third-order valence-corrected chi connectivity index (χ3v) is 8.87. The SMILES string of the molecule is O=S(=O)(c1ccccc1)N1CCN(Cc2c(-c3ccccc3)nc3ccc(-c4ccccc4)cn23)CC1. The normalized spacial score (nSPS) is 15.2. The van der Waals surface area contributed by atoms with E-state index in [1.165, 1.54) is 0 Å². The fourth-order valence-electron chi connectivity index (χ4n) is 4.95. The van der Waals surface area contributed by atoms with Crippen molar-refractivity contribution >= 4 is 15.7 Å². The summed E-state index contributed by atoms with van der Waals surface area (Å²) in [4.78, 5) is 7.68. The summed E-state index contributed by atoms with van der Waals surface area (Å²) in [6.07, 6.45) is 2.16. The van der Waals surface area contributed by atoms with Gasteiger partial charge in [-0.15, -0.1) is 0 Å². The van der Waals surface area contributed by atoms with Crippen LogP contribution in [-0.4, -0.2) is 53.2 Å². The molecule has 0 radical (unpaired) electrons. The smallest absolute Gasteiger partial charge is 0.243 e. The summed E-state index contributed by atoms with van der Waals surface area (Å²) in [7, 11) is -3.48. The summed E-state index contributed by atoms with van der Waals surface area (Å²) >= 11 is 0. The molecule has 1 aliphatic heterocycles. The first kappa shape index (κ1) is 23.6. The van der Waals surface area contributed by atoms with Crippen molar-refractivity contribution in [3.63, 3.8) is 0 Å². The first-order valence-electron chi connectivity index (χ1n) is 12.5. The van der Waals surface area contributed by atoms with E-state index in [9.17, 15) is 8.42 Å². The maximum Gasteiger partial charge on any atom is 0.243 e. The zero-order chi connectivity index (χ0) is 25.2. The molecule has 1 fully saturated rings. The summed E-state index contributed by atoms with van der Waals surface area (Å²) in [5.74, 6) is 0. The van der Waals surface area contributed by atoms with Crippen molar-refractivity contribution in [1.29, 1.82) is 0 Å². The largest absolute Gasteiger partial charge is 0.301 e. The standard InChI is InChI=1S/C30H28N4O2S/c35-37(36,27-14-8-3-9-15-27)33-20-18-32(19-21-33)23-28-30(25-12-6-2-7-13-25)31-29-17-16-26(22-34(28)29)24-10-4-1-5-11-24/h1-17,22H,18-21,23H2. The van der Waals surface area contributed by atoms with Gasteiger partial charge in [0.25, 0.3) is 0 Å². The van der Waals surface area contributed by atoms with Crippen molar-refractivity contribution in [1.82, 2.24) is 18.6 Å². The van der Waals surface area contributed by atoms with Crippen LogP contribution in [0.15, 0.2) is 114 Å². The zero-order valence-corrected chi connectivity index (χ0v) is 21.3. The lowest BCUT2D eigenvalue weighted by Gasteiger charge is -2.34. The molecule has 7 heteroatoms. The Bertz CT molecular complexity index is 1610. The highest BCUT2D eigenvalue weighted by Crippen LogP contribution is 2.29. The monoisotopic (exact) mass is 508 g/mol. The number of nitrogens with zero attached hydrogens (tertiary/aromatic N) is 4. The molecular weight excluding hydrogens is 480 g/mol. The van der Waals surface area contributed by atoms with Gasteiger partial charge in [0.15, 0.2) is 0 Å². The number of pyridine rings is 1. The number of sulfonamides is 1. The molecule has 0 atom stereocenters. The maximum atomic E-state index is 13.1. The minimum absolute atomic E-state index is 0.352. The second kappa shape index (κ2) is 9.94. The second-order valence-electron chi connectivity index (χ2n) is 9.28. The first-order chi connectivity index (χ1) is 18.1. The summed E-state index contributed by atoms with van der Waals surface area (Å²) in [6, 6.07) is 33.5. The molecule has 0 unspecified atom stereocenters. The van der Waals surface area contributed by atoms with E-state index in [0.29, 0.717) is 37.6 Å². The maximum absolute atomic E-state index is 13.1. The Balaban J connectivity index is 1.31. The van der Waals surface area contributed by atoms with Gasteiger partial charge in [-0.2, -0.15) is 4.31 Å². The minimum atomic E-state index is -3.48. The van der Waals surface area contributed by atoms with Crippen molar-refractivity contribution < 1.29 is 8.42 Å². The number of hydrogen-bond acceptors (Lipinski definition) is 4. The van der Waals surface area contributed by atoms with E-state index in [1.54, 1.807) is 28.6 Å². The van der Waals surface area contributed by atoms with Gasteiger partial charge in [0, 0.05) is 44.5 Å². The number of benzene rings is 3. The summed E-state index contributed by atoms with van der Waals surface area (Å²) < 4.78 is 30.0. The van der Waals surface area contributed by atoms with Gasteiger partial charge < -0.3 is 4.40 Å². The molecular formula is C30H28N4O2S. The number of aromatic nitrogens is 2. The highest BCUT2D eigenvalue weighted by Gasteiger charge is 2.29. The lowest BCUT2D eigenvalue weighted by atomic mass is 10.1. The van der Waals surface area contributed by atoms with E-state index >= 15 is 0 Å². The topological polar surface area (TPSA) is 57.9 Å². The Kier molecular flexibility index (Phi) is 6.34. The molecule has 37 heavy (non-hydrogen) atoms. The van der Waals surface area contributed by atoms with Crippen molar-refractivity contribution in [2.24, 2.45) is 0 Å². The lowest BCUT2D eigenvalue weighted by molar-refractivity contribution is 0.180. The first-order valence-corrected chi connectivity index (χ1v) is 13.9. The Hall–Kier alpha value is -3.78. The van der Waals surface area contributed by atoms with Crippen molar-refractivity contribution in [2.45, 2.75) is 11.4 Å². The molecule has 186 valence electrons. The lowest BCUT2D eigenvalue weighted by Crippen LogP contribution is -2.48. The van der Waals surface area contributed by atoms with Gasteiger partial charge in [0.1, 0.15) is 5.65 Å². The molecule has 0 aliphatic carbocycles. The van der Waals surface area contributed by atoms with Crippen LogP contribution < -0.4 is 0 Å². The molecule has 3 aromatic carbocycles. The van der Waals surface area contributed by atoms with E-state index in [-0.39, 0.29) is 0 Å². The molecule has 0 spiro atoms. The highest BCUT2D eigenvalue weighted by molar-refractivity contribution is 7.89. The van der Waals surface area contributed by atoms with Crippen LogP contribution >= 0.6 is 0 Å². The van der Waals surface area contributed by atoms with Crippen LogP contribution in [-0.2, 0) is 16.6 Å². The van der Waals surface area contributed by atoms with Crippen LogP contribution in [0.25, 0.3) is 28.0 Å². The minimum Gasteiger partial charge on any atom is -0.301 e. The van der Waals surface area contributed by atoms with E-state index in [0.717, 1.165) is 33.7 Å². The Morgan fingerprint density at radius 3 is 1.89 bits per heavy atom. The Morgan fingerprint density at radius 2 is 1.24 bits per heavy atom. The molecule has 6 rings (SSSR count). The van der Waals surface area contributed by atoms with Crippen molar-refractivity contribution in [3.05, 3.63) is 115 Å². The third-order valence-electron chi connectivity index (χ3n) is 6.96. The number of hydrogen-bond donors (Lipinski definition) is 0. The zero-order valence-electron chi connectivity index (χ0n) is 20.4. The van der Waals surface area contributed by atoms with Crippen LogP contribution in [0.3, 0.4) is 0 Å². The third kappa shape index (κ3) is 4.69. The molecule has 0 amide bonds. The molecule has 5 aromatic rings. The van der Waals surface area contributed by atoms with Crippen LogP contribution in [0.5, 0.6) is 0 Å². The van der Waals surface area contributed by atoms with Gasteiger partial charge in [-0.05, 0) is 35.4 Å². The number of piperazine rings is 1. The Labute approximate surface area is 217 Å². The van der Waals surface area contributed by atoms with E-state index in [4.69, 9.17) is 4.98 Å². The highest BCUT2D eigenvalue weighted by atomic mass is 32.2. The molecule has 6 nitrogen and oxygen atoms in total. The van der Waals surface area contributed by atoms with E-state index < -0.39 is 10.0 Å². The van der Waals surface area contributed by atoms with Crippen LogP contribution in [0.2, 0.25) is 0 Å². The van der Waals surface area contributed by atoms with Gasteiger partial charge >= 0.3 is 0 Å². The predicted molar refractivity (Wildman–Crippen MR) is 147 cm³/mol. The predicted octanol–water partition coefficient (Wildman–Crippen LogP) is 5.17. The summed E-state index contributed by atoms with van der Waals surface area (Å²) in [5.41, 5.74) is 6.34. The van der Waals surface area contributed by atoms with Crippen molar-refractivity contribution in [3.8, 4) is 22.4 Å². The molecule has 2 aromatic heterocycles. The van der Waals surface area contributed by atoms with Crippen LogP contribution in [0.4, 0.5) is 0 Å². The average Bonchev–Trinajstić information content (AvgIpc) is 3.32. The molecule has 0 saturated carbocycles. The molecule has 1 saturated heterocycles. The van der Waals surface area contributed by atoms with Gasteiger partial charge in [0.2, 0.25) is 10.0 Å². The molecule has 1 aliphatic rings.